The second-order valence-electron chi connectivity index (χ2n) is 11.6. The fraction of sp³-hybridized carbons (Fsp3) is 0.364. The number of methoxy groups -OCH3 is 1. The summed E-state index contributed by atoms with van der Waals surface area (Å²) in [6.07, 6.45) is 1.83. The molecule has 1 heterocycles. The summed E-state index contributed by atoms with van der Waals surface area (Å²) in [5.41, 5.74) is 6.14. The van der Waals surface area contributed by atoms with Crippen LogP contribution in [0.5, 0.6) is 5.75 Å². The Morgan fingerprint density at radius 3 is 2.37 bits per heavy atom. The summed E-state index contributed by atoms with van der Waals surface area (Å²) >= 11 is 0. The predicted octanol–water partition coefficient (Wildman–Crippen LogP) is 5.72. The van der Waals surface area contributed by atoms with E-state index in [1.807, 2.05) is 88.5 Å². The Morgan fingerprint density at radius 1 is 0.977 bits per heavy atom. The minimum Gasteiger partial charge on any atom is -0.496 e. The van der Waals surface area contributed by atoms with E-state index in [2.05, 4.69) is 10.5 Å². The van der Waals surface area contributed by atoms with Crippen molar-refractivity contribution in [2.75, 3.05) is 13.7 Å². The van der Waals surface area contributed by atoms with Crippen molar-refractivity contribution in [2.45, 2.75) is 71.2 Å². The van der Waals surface area contributed by atoms with Crippen LogP contribution in [0.15, 0.2) is 71.8 Å². The van der Waals surface area contributed by atoms with E-state index in [1.54, 1.807) is 27.0 Å². The van der Waals surface area contributed by atoms with Gasteiger partial charge in [0, 0.05) is 18.3 Å². The Balaban J connectivity index is 1.79. The van der Waals surface area contributed by atoms with Gasteiger partial charge >= 0.3 is 0 Å². The standard InChI is InChI=1S/C33H41N3O6S/c1-22-17-30(40-7)23(2)24(3)31(22)43(38,39)36(19-26-13-14-28-27(18-26)15-16-34-28)29(21-41-33(4,5)6)32(37)35-42-20-25-11-9-8-10-12-25/h8-18,29,34H,19-21H2,1-7H3,(H,35,37)/t29-/m1/s1. The Hall–Kier alpha value is -3.70. The molecule has 1 amide bonds. The van der Waals surface area contributed by atoms with Crippen molar-refractivity contribution in [3.8, 4) is 5.75 Å². The number of nitrogens with one attached hydrogen (secondary N) is 2. The lowest BCUT2D eigenvalue weighted by atomic mass is 10.1. The zero-order valence-corrected chi connectivity index (χ0v) is 26.7. The van der Waals surface area contributed by atoms with E-state index in [4.69, 9.17) is 14.3 Å². The van der Waals surface area contributed by atoms with Crippen LogP contribution in [0.3, 0.4) is 0 Å². The van der Waals surface area contributed by atoms with Crippen LogP contribution in [0.2, 0.25) is 0 Å². The molecule has 0 unspecified atom stereocenters. The van der Waals surface area contributed by atoms with Gasteiger partial charge in [-0.25, -0.2) is 13.9 Å². The first-order chi connectivity index (χ1) is 20.3. The maximum atomic E-state index is 14.7. The number of ether oxygens (including phenoxy) is 2. The molecule has 43 heavy (non-hydrogen) atoms. The van der Waals surface area contributed by atoms with Gasteiger partial charge in [-0.05, 0) is 99.0 Å². The molecule has 0 aliphatic carbocycles. The number of carbonyl (C=O) groups excluding carboxylic acids is 1. The number of fused-ring (bicyclic) bond motifs is 1. The molecule has 0 bridgehead atoms. The van der Waals surface area contributed by atoms with E-state index >= 15 is 0 Å². The lowest BCUT2D eigenvalue weighted by molar-refractivity contribution is -0.142. The average molecular weight is 608 g/mol. The average Bonchev–Trinajstić information content (AvgIpc) is 3.42. The molecule has 230 valence electrons. The van der Waals surface area contributed by atoms with E-state index < -0.39 is 27.6 Å². The SMILES string of the molecule is COc1cc(C)c(S(=O)(=O)N(Cc2ccc3[nH]ccc3c2)[C@H](COC(C)(C)C)C(=O)NOCc2ccccc2)c(C)c1C. The summed E-state index contributed by atoms with van der Waals surface area (Å²) in [6, 6.07) is 17.4. The van der Waals surface area contributed by atoms with Crippen molar-refractivity contribution in [2.24, 2.45) is 0 Å². The molecule has 4 rings (SSSR count). The molecule has 1 atom stereocenters. The van der Waals surface area contributed by atoms with Crippen molar-refractivity contribution in [3.63, 3.8) is 0 Å². The van der Waals surface area contributed by atoms with Crippen LogP contribution < -0.4 is 10.2 Å². The van der Waals surface area contributed by atoms with Gasteiger partial charge in [0.15, 0.2) is 0 Å². The molecule has 0 saturated heterocycles. The first kappa shape index (κ1) is 32.2. The number of amides is 1. The second kappa shape index (κ2) is 13.3. The van der Waals surface area contributed by atoms with E-state index in [0.29, 0.717) is 22.4 Å². The summed E-state index contributed by atoms with van der Waals surface area (Å²) in [7, 11) is -2.71. The van der Waals surface area contributed by atoms with Crippen LogP contribution in [0.25, 0.3) is 10.9 Å². The second-order valence-corrected chi connectivity index (χ2v) is 13.4. The zero-order chi connectivity index (χ0) is 31.4. The molecule has 0 aliphatic heterocycles. The third kappa shape index (κ3) is 7.64. The van der Waals surface area contributed by atoms with Crippen molar-refractivity contribution >= 4 is 26.8 Å². The number of rotatable bonds is 12. The quantitative estimate of drug-likeness (QED) is 0.199. The third-order valence-corrected chi connectivity index (χ3v) is 9.45. The van der Waals surface area contributed by atoms with Gasteiger partial charge < -0.3 is 14.5 Å². The largest absolute Gasteiger partial charge is 0.496 e. The highest BCUT2D eigenvalue weighted by Crippen LogP contribution is 2.34. The van der Waals surface area contributed by atoms with Gasteiger partial charge in [0.1, 0.15) is 11.8 Å². The Morgan fingerprint density at radius 2 is 1.70 bits per heavy atom. The van der Waals surface area contributed by atoms with Crippen molar-refractivity contribution in [1.29, 1.82) is 0 Å². The molecule has 10 heteroatoms. The third-order valence-electron chi connectivity index (χ3n) is 7.30. The molecule has 0 radical (unpaired) electrons. The molecule has 0 spiro atoms. The first-order valence-corrected chi connectivity index (χ1v) is 15.6. The summed E-state index contributed by atoms with van der Waals surface area (Å²) in [5.74, 6) is -0.0369. The smallest absolute Gasteiger partial charge is 0.264 e. The maximum Gasteiger partial charge on any atom is 0.264 e. The molecule has 0 fully saturated rings. The number of hydroxylamine groups is 1. The molecule has 1 aromatic heterocycles. The monoisotopic (exact) mass is 607 g/mol. The van der Waals surface area contributed by atoms with Crippen molar-refractivity contribution < 1.29 is 27.5 Å². The minimum atomic E-state index is -4.26. The number of hydrogen-bond acceptors (Lipinski definition) is 6. The molecule has 0 saturated carbocycles. The van der Waals surface area contributed by atoms with Gasteiger partial charge in [0.05, 0.1) is 30.8 Å². The number of aromatic amines is 1. The van der Waals surface area contributed by atoms with E-state index in [0.717, 1.165) is 22.0 Å². The number of benzene rings is 3. The first-order valence-electron chi connectivity index (χ1n) is 14.1. The highest BCUT2D eigenvalue weighted by Gasteiger charge is 2.39. The number of sulfonamides is 1. The van der Waals surface area contributed by atoms with Gasteiger partial charge in [-0.3, -0.25) is 9.63 Å². The van der Waals surface area contributed by atoms with Gasteiger partial charge in [0.25, 0.3) is 5.91 Å². The zero-order valence-electron chi connectivity index (χ0n) is 25.9. The van der Waals surface area contributed by atoms with Crippen LogP contribution in [-0.2, 0) is 37.5 Å². The lowest BCUT2D eigenvalue weighted by Gasteiger charge is -2.33. The maximum absolute atomic E-state index is 14.7. The fourth-order valence-electron chi connectivity index (χ4n) is 4.94. The number of carbonyl (C=O) groups is 1. The summed E-state index contributed by atoms with van der Waals surface area (Å²) < 4.78 is 42.2. The topological polar surface area (TPSA) is 110 Å². The summed E-state index contributed by atoms with van der Waals surface area (Å²) in [4.78, 5) is 22.7. The van der Waals surface area contributed by atoms with Crippen molar-refractivity contribution in [1.82, 2.24) is 14.8 Å². The predicted molar refractivity (Wildman–Crippen MR) is 167 cm³/mol. The minimum absolute atomic E-state index is 0.0717. The number of aryl methyl sites for hydroxylation is 1. The van der Waals surface area contributed by atoms with Crippen LogP contribution in [-0.4, -0.2) is 49.0 Å². The summed E-state index contributed by atoms with van der Waals surface area (Å²) in [5, 5.41) is 0.931. The number of H-pyrrole nitrogens is 1. The number of aromatic nitrogens is 1. The fourth-order valence-corrected chi connectivity index (χ4v) is 6.99. The Kier molecular flexibility index (Phi) is 9.96. The highest BCUT2D eigenvalue weighted by molar-refractivity contribution is 7.89. The van der Waals surface area contributed by atoms with Gasteiger partial charge in [0.2, 0.25) is 10.0 Å². The van der Waals surface area contributed by atoms with Gasteiger partial charge in [-0.1, -0.05) is 36.4 Å². The molecule has 0 aliphatic rings. The van der Waals surface area contributed by atoms with Gasteiger partial charge in [-0.2, -0.15) is 4.31 Å². The lowest BCUT2D eigenvalue weighted by Crippen LogP contribution is -2.52. The Labute approximate surface area is 254 Å². The van der Waals surface area contributed by atoms with Crippen LogP contribution in [0.1, 0.15) is 48.6 Å². The Bertz CT molecular complexity index is 1680. The normalized spacial score (nSPS) is 12.9. The van der Waals surface area contributed by atoms with Crippen LogP contribution >= 0.6 is 0 Å². The van der Waals surface area contributed by atoms with Crippen LogP contribution in [0.4, 0.5) is 0 Å². The van der Waals surface area contributed by atoms with Crippen LogP contribution in [0, 0.1) is 20.8 Å². The summed E-state index contributed by atoms with van der Waals surface area (Å²) in [6.45, 7) is 10.7. The highest BCUT2D eigenvalue weighted by atomic mass is 32.2. The molecule has 3 aromatic carbocycles. The number of nitrogens with zero attached hydrogens (tertiary/aromatic N) is 1. The molecule has 4 aromatic rings. The van der Waals surface area contributed by atoms with E-state index in [9.17, 15) is 13.2 Å². The van der Waals surface area contributed by atoms with Gasteiger partial charge in [-0.15, -0.1) is 0 Å². The molecular weight excluding hydrogens is 566 g/mol. The van der Waals surface area contributed by atoms with E-state index in [-0.39, 0.29) is 24.7 Å². The van der Waals surface area contributed by atoms with Crippen molar-refractivity contribution in [3.05, 3.63) is 94.7 Å². The van der Waals surface area contributed by atoms with E-state index in [1.165, 1.54) is 4.31 Å². The number of hydrogen-bond donors (Lipinski definition) is 2. The molecule has 2 N–H and O–H groups in total. The molecule has 9 nitrogen and oxygen atoms in total. The molecular formula is C33H41N3O6S.